The number of benzene rings is 1. The minimum Gasteiger partial charge on any atom is -0.316 e. The van der Waals surface area contributed by atoms with Gasteiger partial charge in [-0.2, -0.15) is 13.2 Å². The van der Waals surface area contributed by atoms with Crippen LogP contribution in [0.15, 0.2) is 30.3 Å². The van der Waals surface area contributed by atoms with E-state index < -0.39 is 11.7 Å². The first-order chi connectivity index (χ1) is 9.95. The van der Waals surface area contributed by atoms with Crippen molar-refractivity contribution in [2.45, 2.75) is 25.4 Å². The standard InChI is InChI=1S/C16H17F3N2/c1-10-7-12(9-20-8-10)14-6-5-11-3-2-4-13(15(11)21-14)16(17,18)19/h2-6,10,12,20H,7-9H2,1H3/t10-,12+/m1/s1. The Kier molecular flexibility index (Phi) is 3.61. The van der Waals surface area contributed by atoms with E-state index >= 15 is 0 Å². The minimum atomic E-state index is -4.37. The zero-order chi connectivity index (χ0) is 15.0. The summed E-state index contributed by atoms with van der Waals surface area (Å²) in [6.45, 7) is 3.87. The van der Waals surface area contributed by atoms with Crippen molar-refractivity contribution in [3.05, 3.63) is 41.6 Å². The molecule has 2 nitrogen and oxygen atoms in total. The highest BCUT2D eigenvalue weighted by molar-refractivity contribution is 5.82. The van der Waals surface area contributed by atoms with Gasteiger partial charge in [-0.05, 0) is 31.0 Å². The molecule has 0 bridgehead atoms. The van der Waals surface area contributed by atoms with Crippen molar-refractivity contribution in [3.8, 4) is 0 Å². The van der Waals surface area contributed by atoms with Crippen molar-refractivity contribution in [2.75, 3.05) is 13.1 Å². The Bertz CT molecular complexity index is 652. The summed E-state index contributed by atoms with van der Waals surface area (Å²) in [6, 6.07) is 7.79. The molecule has 21 heavy (non-hydrogen) atoms. The van der Waals surface area contributed by atoms with Crippen molar-refractivity contribution in [3.63, 3.8) is 0 Å². The van der Waals surface area contributed by atoms with Gasteiger partial charge in [0.2, 0.25) is 0 Å². The summed E-state index contributed by atoms with van der Waals surface area (Å²) < 4.78 is 39.3. The van der Waals surface area contributed by atoms with Gasteiger partial charge in [0.1, 0.15) is 0 Å². The van der Waals surface area contributed by atoms with Crippen LogP contribution in [-0.2, 0) is 6.18 Å². The summed E-state index contributed by atoms with van der Waals surface area (Å²) in [4.78, 5) is 4.34. The molecule has 1 saturated heterocycles. The van der Waals surface area contributed by atoms with E-state index in [0.717, 1.165) is 31.3 Å². The highest BCUT2D eigenvalue weighted by Crippen LogP contribution is 2.35. The number of nitrogens with zero attached hydrogens (tertiary/aromatic N) is 1. The van der Waals surface area contributed by atoms with Crippen LogP contribution in [0.4, 0.5) is 13.2 Å². The Morgan fingerprint density at radius 3 is 2.67 bits per heavy atom. The first-order valence-corrected chi connectivity index (χ1v) is 7.12. The third-order valence-corrected chi connectivity index (χ3v) is 4.04. The Morgan fingerprint density at radius 2 is 1.95 bits per heavy atom. The maximum absolute atomic E-state index is 13.1. The quantitative estimate of drug-likeness (QED) is 0.861. The molecule has 0 aliphatic carbocycles. The van der Waals surface area contributed by atoms with Gasteiger partial charge >= 0.3 is 6.18 Å². The van der Waals surface area contributed by atoms with Crippen LogP contribution in [0.25, 0.3) is 10.9 Å². The number of para-hydroxylation sites is 1. The summed E-state index contributed by atoms with van der Waals surface area (Å²) in [6.07, 6.45) is -3.41. The molecular weight excluding hydrogens is 277 g/mol. The van der Waals surface area contributed by atoms with Crippen molar-refractivity contribution < 1.29 is 13.2 Å². The van der Waals surface area contributed by atoms with Crippen molar-refractivity contribution >= 4 is 10.9 Å². The number of pyridine rings is 1. The molecule has 2 heterocycles. The third kappa shape index (κ3) is 2.88. The number of aromatic nitrogens is 1. The summed E-state index contributed by atoms with van der Waals surface area (Å²) >= 11 is 0. The van der Waals surface area contributed by atoms with Gasteiger partial charge in [0.05, 0.1) is 11.1 Å². The predicted octanol–water partition coefficient (Wildman–Crippen LogP) is 3.97. The Labute approximate surface area is 121 Å². The average Bonchev–Trinajstić information content (AvgIpc) is 2.45. The molecule has 1 aromatic carbocycles. The van der Waals surface area contributed by atoms with E-state index in [-0.39, 0.29) is 11.4 Å². The van der Waals surface area contributed by atoms with Crippen LogP contribution in [0, 0.1) is 5.92 Å². The average molecular weight is 294 g/mol. The third-order valence-electron chi connectivity index (χ3n) is 4.04. The monoisotopic (exact) mass is 294 g/mol. The molecule has 2 atom stereocenters. The van der Waals surface area contributed by atoms with E-state index in [9.17, 15) is 13.2 Å². The van der Waals surface area contributed by atoms with Crippen molar-refractivity contribution in [2.24, 2.45) is 5.92 Å². The Hall–Kier alpha value is -1.62. The van der Waals surface area contributed by atoms with Crippen LogP contribution in [0.5, 0.6) is 0 Å². The molecule has 0 amide bonds. The lowest BCUT2D eigenvalue weighted by molar-refractivity contribution is -0.136. The molecule has 1 aromatic heterocycles. The number of nitrogens with one attached hydrogen (secondary N) is 1. The van der Waals surface area contributed by atoms with Crippen LogP contribution in [0.1, 0.15) is 30.5 Å². The molecule has 1 aliphatic heterocycles. The highest BCUT2D eigenvalue weighted by atomic mass is 19.4. The van der Waals surface area contributed by atoms with Gasteiger partial charge in [-0.15, -0.1) is 0 Å². The highest BCUT2D eigenvalue weighted by Gasteiger charge is 2.33. The number of piperidine rings is 1. The fraction of sp³-hybridized carbons (Fsp3) is 0.438. The van der Waals surface area contributed by atoms with Crippen LogP contribution in [-0.4, -0.2) is 18.1 Å². The summed E-state index contributed by atoms with van der Waals surface area (Å²) in [5.41, 5.74) is 0.151. The largest absolute Gasteiger partial charge is 0.418 e. The SMILES string of the molecule is C[C@H]1CNC[C@@H](c2ccc3cccc(C(F)(F)F)c3n2)C1. The summed E-state index contributed by atoms with van der Waals surface area (Å²) in [5.74, 6) is 0.693. The van der Waals surface area contributed by atoms with Gasteiger partial charge in [0, 0.05) is 23.5 Å². The molecule has 5 heteroatoms. The second-order valence-corrected chi connectivity index (χ2v) is 5.81. The lowest BCUT2D eigenvalue weighted by Crippen LogP contribution is -2.34. The van der Waals surface area contributed by atoms with Crippen molar-refractivity contribution in [1.82, 2.24) is 10.3 Å². The van der Waals surface area contributed by atoms with Crippen LogP contribution in [0.2, 0.25) is 0 Å². The van der Waals surface area contributed by atoms with Crippen LogP contribution in [0.3, 0.4) is 0 Å². The predicted molar refractivity (Wildman–Crippen MR) is 76.1 cm³/mol. The number of fused-ring (bicyclic) bond motifs is 1. The first-order valence-electron chi connectivity index (χ1n) is 7.12. The lowest BCUT2D eigenvalue weighted by atomic mass is 9.89. The van der Waals surface area contributed by atoms with Gasteiger partial charge < -0.3 is 5.32 Å². The van der Waals surface area contributed by atoms with E-state index in [2.05, 4.69) is 17.2 Å². The molecule has 112 valence electrons. The van der Waals surface area contributed by atoms with E-state index in [1.54, 1.807) is 12.1 Å². The zero-order valence-electron chi connectivity index (χ0n) is 11.7. The molecule has 0 spiro atoms. The molecule has 0 radical (unpaired) electrons. The number of rotatable bonds is 1. The number of alkyl halides is 3. The number of hydrogen-bond acceptors (Lipinski definition) is 2. The van der Waals surface area contributed by atoms with Gasteiger partial charge in [-0.25, -0.2) is 0 Å². The molecule has 0 saturated carbocycles. The van der Waals surface area contributed by atoms with Gasteiger partial charge in [0.25, 0.3) is 0 Å². The Morgan fingerprint density at radius 1 is 1.14 bits per heavy atom. The van der Waals surface area contributed by atoms with E-state index in [0.29, 0.717) is 11.3 Å². The molecule has 3 rings (SSSR count). The second-order valence-electron chi connectivity index (χ2n) is 5.81. The van der Waals surface area contributed by atoms with E-state index in [1.165, 1.54) is 6.07 Å². The number of halogens is 3. The molecular formula is C16H17F3N2. The minimum absolute atomic E-state index is 0.0562. The van der Waals surface area contributed by atoms with Crippen LogP contribution >= 0.6 is 0 Å². The maximum Gasteiger partial charge on any atom is 0.418 e. The Balaban J connectivity index is 2.06. The molecule has 2 aromatic rings. The first kappa shape index (κ1) is 14.3. The smallest absolute Gasteiger partial charge is 0.316 e. The number of hydrogen-bond donors (Lipinski definition) is 1. The fourth-order valence-corrected chi connectivity index (χ4v) is 3.00. The summed E-state index contributed by atoms with van der Waals surface area (Å²) in [5, 5.41) is 3.85. The second kappa shape index (κ2) is 5.30. The fourth-order valence-electron chi connectivity index (χ4n) is 3.00. The molecule has 1 aliphatic rings. The van der Waals surface area contributed by atoms with Crippen molar-refractivity contribution in [1.29, 1.82) is 0 Å². The maximum atomic E-state index is 13.1. The normalized spacial score (nSPS) is 23.4. The molecule has 1 N–H and O–H groups in total. The molecule has 1 fully saturated rings. The van der Waals surface area contributed by atoms with E-state index in [1.807, 2.05) is 6.07 Å². The van der Waals surface area contributed by atoms with Gasteiger partial charge in [-0.1, -0.05) is 25.1 Å². The zero-order valence-corrected chi connectivity index (χ0v) is 11.7. The van der Waals surface area contributed by atoms with Crippen LogP contribution < -0.4 is 5.32 Å². The summed E-state index contributed by atoms with van der Waals surface area (Å²) in [7, 11) is 0. The molecule has 0 unspecified atom stereocenters. The van der Waals surface area contributed by atoms with E-state index in [4.69, 9.17) is 0 Å². The lowest BCUT2D eigenvalue weighted by Gasteiger charge is -2.27. The van der Waals surface area contributed by atoms with Gasteiger partial charge in [0.15, 0.2) is 0 Å². The van der Waals surface area contributed by atoms with Gasteiger partial charge in [-0.3, -0.25) is 4.98 Å². The topological polar surface area (TPSA) is 24.9 Å².